The molecule has 0 radical (unpaired) electrons. The molecular weight excluding hydrogens is 316 g/mol. The summed E-state index contributed by atoms with van der Waals surface area (Å²) >= 11 is 0. The molecule has 1 heterocycles. The lowest BCUT2D eigenvalue weighted by molar-refractivity contribution is -0.129. The maximum Gasteiger partial charge on any atom is 0.363 e. The van der Waals surface area contributed by atoms with Crippen molar-refractivity contribution in [1.82, 2.24) is 0 Å². The minimum Gasteiger partial charge on any atom is -0.494 e. The number of aliphatic imine (C=N–C) groups is 1. The molecule has 0 spiro atoms. The molecule has 0 aromatic heterocycles. The van der Waals surface area contributed by atoms with Gasteiger partial charge in [-0.25, -0.2) is 18.6 Å². The van der Waals surface area contributed by atoms with Crippen molar-refractivity contribution >= 4 is 17.9 Å². The molecule has 0 saturated heterocycles. The van der Waals surface area contributed by atoms with Crippen molar-refractivity contribution in [3.05, 3.63) is 70.9 Å². The van der Waals surface area contributed by atoms with Gasteiger partial charge in [0.2, 0.25) is 5.90 Å². The van der Waals surface area contributed by atoms with Gasteiger partial charge < -0.3 is 9.47 Å². The Morgan fingerprint density at radius 3 is 2.75 bits per heavy atom. The number of carbonyl (C=O) groups excluding carboxylic acids is 1. The molecule has 0 atom stereocenters. The SMILES string of the molecule is CCOc1cccc(/C=C2/N=C(c3ccc(F)c(F)c3)OC2=O)c1. The van der Waals surface area contributed by atoms with Crippen molar-refractivity contribution in [1.29, 1.82) is 0 Å². The molecule has 1 aliphatic heterocycles. The van der Waals surface area contributed by atoms with Gasteiger partial charge in [-0.05, 0) is 48.9 Å². The second-order valence-corrected chi connectivity index (χ2v) is 4.97. The Labute approximate surface area is 137 Å². The molecule has 0 aliphatic carbocycles. The number of ether oxygens (including phenoxy) is 2. The molecule has 0 saturated carbocycles. The van der Waals surface area contributed by atoms with Gasteiger partial charge in [-0.3, -0.25) is 0 Å². The van der Waals surface area contributed by atoms with E-state index in [-0.39, 0.29) is 17.2 Å². The van der Waals surface area contributed by atoms with Crippen LogP contribution in [0.4, 0.5) is 8.78 Å². The van der Waals surface area contributed by atoms with Crippen LogP contribution in [0.1, 0.15) is 18.1 Å². The third-order valence-corrected chi connectivity index (χ3v) is 3.26. The average Bonchev–Trinajstić information content (AvgIpc) is 2.92. The van der Waals surface area contributed by atoms with Gasteiger partial charge in [0, 0.05) is 5.56 Å². The number of esters is 1. The van der Waals surface area contributed by atoms with Crippen LogP contribution >= 0.6 is 0 Å². The summed E-state index contributed by atoms with van der Waals surface area (Å²) in [5, 5.41) is 0. The fraction of sp³-hybridized carbons (Fsp3) is 0.111. The van der Waals surface area contributed by atoms with Crippen molar-refractivity contribution in [2.45, 2.75) is 6.92 Å². The number of carbonyl (C=O) groups is 1. The first-order chi connectivity index (χ1) is 11.6. The minimum absolute atomic E-state index is 0.0638. The molecule has 3 rings (SSSR count). The van der Waals surface area contributed by atoms with E-state index in [2.05, 4.69) is 4.99 Å². The standard InChI is InChI=1S/C18H13F2NO3/c1-2-23-13-5-3-4-11(8-13)9-16-18(22)24-17(21-16)12-6-7-14(19)15(20)10-12/h3-10H,2H2,1H3/b16-9+. The summed E-state index contributed by atoms with van der Waals surface area (Å²) in [5.74, 6) is -2.06. The lowest BCUT2D eigenvalue weighted by Gasteiger charge is -2.03. The summed E-state index contributed by atoms with van der Waals surface area (Å²) in [4.78, 5) is 16.0. The zero-order chi connectivity index (χ0) is 17.1. The van der Waals surface area contributed by atoms with Gasteiger partial charge in [0.05, 0.1) is 6.61 Å². The van der Waals surface area contributed by atoms with E-state index >= 15 is 0 Å². The van der Waals surface area contributed by atoms with Gasteiger partial charge in [-0.1, -0.05) is 12.1 Å². The van der Waals surface area contributed by atoms with Crippen LogP contribution in [0.25, 0.3) is 6.08 Å². The normalized spacial score (nSPS) is 15.4. The highest BCUT2D eigenvalue weighted by Gasteiger charge is 2.24. The topological polar surface area (TPSA) is 47.9 Å². The number of cyclic esters (lactones) is 1. The molecule has 0 fully saturated rings. The Hall–Kier alpha value is -3.02. The summed E-state index contributed by atoms with van der Waals surface area (Å²) < 4.78 is 36.7. The van der Waals surface area contributed by atoms with Crippen molar-refractivity contribution in [2.24, 2.45) is 4.99 Å². The van der Waals surface area contributed by atoms with E-state index in [1.165, 1.54) is 12.1 Å². The fourth-order valence-corrected chi connectivity index (χ4v) is 2.18. The highest BCUT2D eigenvalue weighted by atomic mass is 19.2. The van der Waals surface area contributed by atoms with Crippen molar-refractivity contribution in [2.75, 3.05) is 6.61 Å². The van der Waals surface area contributed by atoms with Gasteiger partial charge in [0.1, 0.15) is 5.75 Å². The Balaban J connectivity index is 1.91. The number of rotatable bonds is 4. The van der Waals surface area contributed by atoms with E-state index in [9.17, 15) is 13.6 Å². The van der Waals surface area contributed by atoms with E-state index < -0.39 is 17.6 Å². The van der Waals surface area contributed by atoms with E-state index in [1.54, 1.807) is 24.3 Å². The molecule has 2 aromatic rings. The van der Waals surface area contributed by atoms with Crippen LogP contribution in [0.5, 0.6) is 5.75 Å². The molecule has 122 valence electrons. The zero-order valence-electron chi connectivity index (χ0n) is 12.8. The molecular formula is C18H13F2NO3. The molecule has 1 aliphatic rings. The van der Waals surface area contributed by atoms with Crippen LogP contribution in [-0.4, -0.2) is 18.5 Å². The molecule has 6 heteroatoms. The largest absolute Gasteiger partial charge is 0.494 e. The van der Waals surface area contributed by atoms with E-state index in [4.69, 9.17) is 9.47 Å². The summed E-state index contributed by atoms with van der Waals surface area (Å²) in [6, 6.07) is 10.3. The Morgan fingerprint density at radius 2 is 2.00 bits per heavy atom. The van der Waals surface area contributed by atoms with Crippen molar-refractivity contribution in [3.63, 3.8) is 0 Å². The Morgan fingerprint density at radius 1 is 1.17 bits per heavy atom. The smallest absolute Gasteiger partial charge is 0.363 e. The fourth-order valence-electron chi connectivity index (χ4n) is 2.18. The van der Waals surface area contributed by atoms with Gasteiger partial charge in [-0.2, -0.15) is 0 Å². The maximum absolute atomic E-state index is 13.3. The maximum atomic E-state index is 13.3. The zero-order valence-corrected chi connectivity index (χ0v) is 12.8. The predicted octanol–water partition coefficient (Wildman–Crippen LogP) is 3.71. The third-order valence-electron chi connectivity index (χ3n) is 3.26. The van der Waals surface area contributed by atoms with Gasteiger partial charge in [0.15, 0.2) is 17.3 Å². The molecule has 24 heavy (non-hydrogen) atoms. The molecule has 0 unspecified atom stereocenters. The molecule has 0 amide bonds. The lowest BCUT2D eigenvalue weighted by Crippen LogP contribution is -2.06. The van der Waals surface area contributed by atoms with Crippen LogP contribution < -0.4 is 4.74 Å². The van der Waals surface area contributed by atoms with Crippen LogP contribution in [0.3, 0.4) is 0 Å². The average molecular weight is 329 g/mol. The molecule has 4 nitrogen and oxygen atoms in total. The highest BCUT2D eigenvalue weighted by molar-refractivity contribution is 6.12. The van der Waals surface area contributed by atoms with E-state index in [0.29, 0.717) is 17.9 Å². The van der Waals surface area contributed by atoms with E-state index in [0.717, 1.165) is 12.1 Å². The summed E-state index contributed by atoms with van der Waals surface area (Å²) in [6.45, 7) is 2.40. The van der Waals surface area contributed by atoms with Gasteiger partial charge in [-0.15, -0.1) is 0 Å². The number of benzene rings is 2. The first-order valence-corrected chi connectivity index (χ1v) is 7.27. The second kappa shape index (κ2) is 6.62. The summed E-state index contributed by atoms with van der Waals surface area (Å²) in [5.41, 5.74) is 0.972. The van der Waals surface area contributed by atoms with E-state index in [1.807, 2.05) is 6.92 Å². The molecule has 0 bridgehead atoms. The molecule has 2 aromatic carbocycles. The second-order valence-electron chi connectivity index (χ2n) is 4.97. The number of nitrogens with zero attached hydrogens (tertiary/aromatic N) is 1. The first-order valence-electron chi connectivity index (χ1n) is 7.27. The monoisotopic (exact) mass is 329 g/mol. The van der Waals surface area contributed by atoms with Crippen LogP contribution in [0.15, 0.2) is 53.2 Å². The predicted molar refractivity (Wildman–Crippen MR) is 84.6 cm³/mol. The number of halogens is 2. The summed E-state index contributed by atoms with van der Waals surface area (Å²) in [6.07, 6.45) is 1.54. The van der Waals surface area contributed by atoms with Crippen LogP contribution in [-0.2, 0) is 9.53 Å². The highest BCUT2D eigenvalue weighted by Crippen LogP contribution is 2.22. The third kappa shape index (κ3) is 3.32. The molecule has 0 N–H and O–H groups in total. The Kier molecular flexibility index (Phi) is 4.37. The van der Waals surface area contributed by atoms with Crippen LogP contribution in [0.2, 0.25) is 0 Å². The first kappa shape index (κ1) is 15.9. The number of hydrogen-bond acceptors (Lipinski definition) is 4. The number of hydrogen-bond donors (Lipinski definition) is 0. The minimum atomic E-state index is -1.03. The quantitative estimate of drug-likeness (QED) is 0.635. The lowest BCUT2D eigenvalue weighted by atomic mass is 10.2. The van der Waals surface area contributed by atoms with Gasteiger partial charge in [0.25, 0.3) is 0 Å². The van der Waals surface area contributed by atoms with Gasteiger partial charge >= 0.3 is 5.97 Å². The van der Waals surface area contributed by atoms with Crippen LogP contribution in [0, 0.1) is 11.6 Å². The van der Waals surface area contributed by atoms with Crippen molar-refractivity contribution in [3.8, 4) is 5.75 Å². The van der Waals surface area contributed by atoms with Crippen molar-refractivity contribution < 1.29 is 23.0 Å². The Bertz CT molecular complexity index is 859. The summed E-state index contributed by atoms with van der Waals surface area (Å²) in [7, 11) is 0.